The highest BCUT2D eigenvalue weighted by Gasteiger charge is 2.26. The van der Waals surface area contributed by atoms with Gasteiger partial charge in [-0.25, -0.2) is 4.57 Å². The zero-order chi connectivity index (χ0) is 23.6. The maximum atomic E-state index is 6.67. The maximum absolute atomic E-state index is 6.67. The minimum Gasteiger partial charge on any atom is -0.437 e. The molecule has 8 rings (SSSR count). The Hall–Kier alpha value is -4.68. The van der Waals surface area contributed by atoms with Crippen LogP contribution in [0.2, 0.25) is 0 Å². The zero-order valence-corrected chi connectivity index (χ0v) is 19.8. The Morgan fingerprint density at radius 1 is 0.639 bits per heavy atom. The normalized spacial score (nSPS) is 11.9. The lowest BCUT2D eigenvalue weighted by atomic mass is 10.2. The molecule has 170 valence electrons. The first-order chi connectivity index (χ1) is 17.9. The molecule has 4 aromatic heterocycles. The fraction of sp³-hybridized carbons (Fsp3) is 0. The van der Waals surface area contributed by atoms with Crippen LogP contribution in [0.1, 0.15) is 0 Å². The van der Waals surface area contributed by atoms with Crippen molar-refractivity contribution < 1.29 is 4.42 Å². The molecule has 0 atom stereocenters. The lowest BCUT2D eigenvalue weighted by Gasteiger charge is -2.12. The molecule has 8 aromatic rings. The molecule has 6 heteroatoms. The van der Waals surface area contributed by atoms with E-state index in [1.807, 2.05) is 36.4 Å². The Labute approximate surface area is 209 Å². The van der Waals surface area contributed by atoms with Gasteiger partial charge in [0, 0.05) is 21.0 Å². The fourth-order valence-corrected chi connectivity index (χ4v) is 6.31. The molecule has 5 nitrogen and oxygen atoms in total. The highest BCUT2D eigenvalue weighted by Crippen LogP contribution is 2.45. The molecule has 0 saturated heterocycles. The maximum Gasteiger partial charge on any atom is 0.243 e. The van der Waals surface area contributed by atoms with E-state index in [9.17, 15) is 0 Å². The van der Waals surface area contributed by atoms with Crippen LogP contribution in [0.5, 0.6) is 0 Å². The smallest absolute Gasteiger partial charge is 0.243 e. The van der Waals surface area contributed by atoms with E-state index < -0.39 is 0 Å². The van der Waals surface area contributed by atoms with E-state index in [0.717, 1.165) is 54.7 Å². The van der Waals surface area contributed by atoms with Gasteiger partial charge in [-0.05, 0) is 30.3 Å². The summed E-state index contributed by atoms with van der Waals surface area (Å²) in [7, 11) is 0. The van der Waals surface area contributed by atoms with Crippen LogP contribution in [0.4, 0.5) is 0 Å². The van der Waals surface area contributed by atoms with E-state index in [0.29, 0.717) is 5.95 Å². The van der Waals surface area contributed by atoms with E-state index >= 15 is 0 Å². The van der Waals surface area contributed by atoms with Gasteiger partial charge in [-0.2, -0.15) is 0 Å². The van der Waals surface area contributed by atoms with Gasteiger partial charge in [0.25, 0.3) is 0 Å². The van der Waals surface area contributed by atoms with Gasteiger partial charge in [-0.3, -0.25) is 4.57 Å². The Bertz CT molecular complexity index is 2040. The molecule has 0 aliphatic heterocycles. The van der Waals surface area contributed by atoms with Crippen LogP contribution in [0, 0.1) is 0 Å². The van der Waals surface area contributed by atoms with Crippen molar-refractivity contribution in [2.75, 3.05) is 0 Å². The van der Waals surface area contributed by atoms with E-state index in [4.69, 9.17) is 9.52 Å². The van der Waals surface area contributed by atoms with Gasteiger partial charge in [0.05, 0.1) is 21.3 Å². The third-order valence-electron chi connectivity index (χ3n) is 6.70. The zero-order valence-electron chi connectivity index (χ0n) is 19.0. The number of hydrogen-bond donors (Lipinski definition) is 0. The van der Waals surface area contributed by atoms with Crippen molar-refractivity contribution in [2.45, 2.75) is 0 Å². The number of benzene rings is 4. The molecule has 0 spiro atoms. The summed E-state index contributed by atoms with van der Waals surface area (Å²) < 4.78 is 13.3. The Morgan fingerprint density at radius 2 is 1.33 bits per heavy atom. The number of furan rings is 1. The van der Waals surface area contributed by atoms with E-state index in [1.54, 1.807) is 11.3 Å². The molecule has 0 radical (unpaired) electrons. The lowest BCUT2D eigenvalue weighted by Crippen LogP contribution is -2.06. The average molecular weight is 483 g/mol. The number of aromatic nitrogens is 4. The molecular weight excluding hydrogens is 464 g/mol. The first kappa shape index (κ1) is 19.6. The largest absolute Gasteiger partial charge is 0.437 e. The molecule has 0 aliphatic carbocycles. The molecule has 4 aromatic carbocycles. The van der Waals surface area contributed by atoms with Crippen LogP contribution in [0.15, 0.2) is 114 Å². The summed E-state index contributed by atoms with van der Waals surface area (Å²) in [5.41, 5.74) is 4.73. The number of hydrogen-bond acceptors (Lipinski definition) is 4. The van der Waals surface area contributed by atoms with Gasteiger partial charge in [0.2, 0.25) is 11.7 Å². The Kier molecular flexibility index (Phi) is 4.03. The highest BCUT2D eigenvalue weighted by molar-refractivity contribution is 7.26. The molecule has 36 heavy (non-hydrogen) atoms. The summed E-state index contributed by atoms with van der Waals surface area (Å²) in [6.45, 7) is 0. The first-order valence-electron chi connectivity index (χ1n) is 11.8. The third kappa shape index (κ3) is 2.64. The molecule has 0 bridgehead atoms. The molecule has 0 saturated carbocycles. The highest BCUT2D eigenvalue weighted by atomic mass is 32.1. The summed E-state index contributed by atoms with van der Waals surface area (Å²) in [5, 5.41) is 12.8. The summed E-state index contributed by atoms with van der Waals surface area (Å²) in [4.78, 5) is 0. The van der Waals surface area contributed by atoms with Crippen molar-refractivity contribution in [3.63, 3.8) is 0 Å². The fourth-order valence-electron chi connectivity index (χ4n) is 5.13. The second-order valence-corrected chi connectivity index (χ2v) is 9.80. The van der Waals surface area contributed by atoms with Gasteiger partial charge in [-0.15, -0.1) is 21.5 Å². The number of fused-ring (bicyclic) bond motifs is 7. The summed E-state index contributed by atoms with van der Waals surface area (Å²) in [6, 6.07) is 37.3. The standard InChI is InChI=1S/C30H18N4OS/c1-3-11-19(12-4-1)28-31-32-30(33(28)20-13-5-2-6-14-20)34-23-17-9-7-15-21(23)25-27-26(35-29(25)34)22-16-8-10-18-24(22)36-27/h1-18H. The van der Waals surface area contributed by atoms with Gasteiger partial charge in [0.15, 0.2) is 11.4 Å². The van der Waals surface area contributed by atoms with Crippen molar-refractivity contribution in [2.24, 2.45) is 0 Å². The second kappa shape index (κ2) is 7.41. The van der Waals surface area contributed by atoms with E-state index in [1.165, 1.54) is 4.70 Å². The van der Waals surface area contributed by atoms with E-state index in [2.05, 4.69) is 87.0 Å². The van der Waals surface area contributed by atoms with Crippen molar-refractivity contribution in [1.29, 1.82) is 0 Å². The van der Waals surface area contributed by atoms with Crippen LogP contribution < -0.4 is 0 Å². The monoisotopic (exact) mass is 482 g/mol. The van der Waals surface area contributed by atoms with Crippen LogP contribution in [0.25, 0.3) is 65.4 Å². The predicted molar refractivity (Wildman–Crippen MR) is 146 cm³/mol. The Morgan fingerprint density at radius 3 is 2.17 bits per heavy atom. The van der Waals surface area contributed by atoms with E-state index in [-0.39, 0.29) is 0 Å². The average Bonchev–Trinajstić information content (AvgIpc) is 3.68. The molecule has 0 unspecified atom stereocenters. The molecule has 0 fully saturated rings. The molecular formula is C30H18N4OS. The van der Waals surface area contributed by atoms with Crippen LogP contribution >= 0.6 is 11.3 Å². The third-order valence-corrected chi connectivity index (χ3v) is 7.87. The summed E-state index contributed by atoms with van der Waals surface area (Å²) in [6.07, 6.45) is 0. The van der Waals surface area contributed by atoms with Crippen LogP contribution in [-0.2, 0) is 0 Å². The van der Waals surface area contributed by atoms with Crippen LogP contribution in [-0.4, -0.2) is 19.3 Å². The molecule has 0 amide bonds. The van der Waals surface area contributed by atoms with Crippen LogP contribution in [0.3, 0.4) is 0 Å². The minimum absolute atomic E-state index is 0.692. The lowest BCUT2D eigenvalue weighted by molar-refractivity contribution is 0.643. The van der Waals surface area contributed by atoms with Gasteiger partial charge >= 0.3 is 0 Å². The van der Waals surface area contributed by atoms with Gasteiger partial charge in [-0.1, -0.05) is 78.9 Å². The van der Waals surface area contributed by atoms with Crippen molar-refractivity contribution in [3.05, 3.63) is 109 Å². The molecule has 0 aliphatic rings. The molecule has 4 heterocycles. The molecule has 0 N–H and O–H groups in total. The van der Waals surface area contributed by atoms with Gasteiger partial charge in [0.1, 0.15) is 0 Å². The second-order valence-electron chi connectivity index (χ2n) is 8.75. The first-order valence-corrected chi connectivity index (χ1v) is 12.6. The van der Waals surface area contributed by atoms with Crippen molar-refractivity contribution in [1.82, 2.24) is 19.3 Å². The number of para-hydroxylation sites is 2. The summed E-state index contributed by atoms with van der Waals surface area (Å²) >= 11 is 1.77. The Balaban J connectivity index is 1.52. The van der Waals surface area contributed by atoms with Crippen molar-refractivity contribution in [3.8, 4) is 23.0 Å². The number of nitrogens with zero attached hydrogens (tertiary/aromatic N) is 4. The topological polar surface area (TPSA) is 48.8 Å². The summed E-state index contributed by atoms with van der Waals surface area (Å²) in [5.74, 6) is 1.47. The number of thiophene rings is 1. The SMILES string of the molecule is c1ccc(-c2nnc(-n3c4ccccc4c4c5sc6ccccc6c5oc43)n2-c2ccccc2)cc1. The minimum atomic E-state index is 0.692. The predicted octanol–water partition coefficient (Wildman–Crippen LogP) is 7.99. The van der Waals surface area contributed by atoms with Gasteiger partial charge < -0.3 is 4.42 Å². The quantitative estimate of drug-likeness (QED) is 0.256. The van der Waals surface area contributed by atoms with Crippen molar-refractivity contribution >= 4 is 53.7 Å². The number of rotatable bonds is 3.